The number of nitrogens with zero attached hydrogens (tertiary/aromatic N) is 2. The molecule has 4 rings (SSSR count). The van der Waals surface area contributed by atoms with Gasteiger partial charge in [0.15, 0.2) is 0 Å². The number of nitrogens with one attached hydrogen (secondary N) is 2. The van der Waals surface area contributed by atoms with Crippen LogP contribution >= 0.6 is 11.3 Å². The van der Waals surface area contributed by atoms with Gasteiger partial charge in [0.2, 0.25) is 0 Å². The second-order valence-electron chi connectivity index (χ2n) is 7.90. The van der Waals surface area contributed by atoms with E-state index in [1.807, 2.05) is 23.6 Å². The molecule has 0 saturated heterocycles. The molecule has 3 heterocycles. The fourth-order valence-electron chi connectivity index (χ4n) is 4.22. The van der Waals surface area contributed by atoms with E-state index in [1.165, 1.54) is 36.1 Å². The highest BCUT2D eigenvalue weighted by atomic mass is 32.1. The van der Waals surface area contributed by atoms with Gasteiger partial charge in [-0.05, 0) is 86.8 Å². The molecule has 1 amide bonds. The number of H-pyrrole nitrogens is 1. The molecule has 2 N–H and O–H groups in total. The molecule has 2 aliphatic rings. The molecule has 1 aliphatic carbocycles. The number of aromatic amines is 1. The van der Waals surface area contributed by atoms with E-state index in [4.69, 9.17) is 0 Å². The van der Waals surface area contributed by atoms with E-state index in [-0.39, 0.29) is 5.91 Å². The first kappa shape index (κ1) is 20.1. The molecular formula is C23H30N4OS. The van der Waals surface area contributed by atoms with Gasteiger partial charge < -0.3 is 9.88 Å². The Labute approximate surface area is 176 Å². The van der Waals surface area contributed by atoms with Crippen molar-refractivity contribution in [2.45, 2.75) is 52.4 Å². The van der Waals surface area contributed by atoms with Crippen LogP contribution < -0.4 is 5.43 Å². The second-order valence-corrected chi connectivity index (χ2v) is 8.84. The second kappa shape index (κ2) is 8.67. The van der Waals surface area contributed by atoms with Crippen molar-refractivity contribution in [1.82, 2.24) is 15.3 Å². The minimum atomic E-state index is -0.120. The lowest BCUT2D eigenvalue weighted by Crippen LogP contribution is -2.24. The third kappa shape index (κ3) is 4.23. The number of amides is 1. The standard InChI is InChI=1S/C23H30N4OS/c1-4-27(5-2)12-6-8-17-15(3)24-19(21(17)16-10-11-16)14-18-22(25-26-23(18)28)20-9-7-13-29-20/h7,9,13-14,16,24H,4-6,8,10-12H2,1-3H3,(H,26,28)/b18-14+. The lowest BCUT2D eigenvalue weighted by molar-refractivity contribution is -0.116. The van der Waals surface area contributed by atoms with Gasteiger partial charge >= 0.3 is 0 Å². The highest BCUT2D eigenvalue weighted by Gasteiger charge is 2.32. The first-order valence-electron chi connectivity index (χ1n) is 10.7. The van der Waals surface area contributed by atoms with Crippen LogP contribution in [0.5, 0.6) is 0 Å². The Kier molecular flexibility index (Phi) is 6.01. The molecule has 29 heavy (non-hydrogen) atoms. The Balaban J connectivity index is 1.62. The minimum Gasteiger partial charge on any atom is -0.359 e. The Morgan fingerprint density at radius 3 is 2.76 bits per heavy atom. The van der Waals surface area contributed by atoms with E-state index in [1.54, 1.807) is 11.3 Å². The Bertz CT molecular complexity index is 930. The van der Waals surface area contributed by atoms with E-state index in [0.29, 0.717) is 11.5 Å². The largest absolute Gasteiger partial charge is 0.359 e. The molecule has 1 saturated carbocycles. The maximum absolute atomic E-state index is 12.5. The molecule has 2 aromatic rings. The zero-order valence-electron chi connectivity index (χ0n) is 17.5. The monoisotopic (exact) mass is 410 g/mol. The average Bonchev–Trinajstić information content (AvgIpc) is 3.13. The fourth-order valence-corrected chi connectivity index (χ4v) is 4.95. The van der Waals surface area contributed by atoms with Crippen molar-refractivity contribution in [1.29, 1.82) is 0 Å². The predicted octanol–water partition coefficient (Wildman–Crippen LogP) is 4.45. The van der Waals surface area contributed by atoms with Crippen molar-refractivity contribution in [2.24, 2.45) is 5.10 Å². The number of hydrazone groups is 1. The van der Waals surface area contributed by atoms with Crippen molar-refractivity contribution in [3.8, 4) is 0 Å². The molecule has 1 aliphatic heterocycles. The molecule has 0 radical (unpaired) electrons. The van der Waals surface area contributed by atoms with Crippen LogP contribution in [0.25, 0.3) is 6.08 Å². The molecule has 1 fully saturated rings. The summed E-state index contributed by atoms with van der Waals surface area (Å²) in [5, 5.41) is 6.30. The summed E-state index contributed by atoms with van der Waals surface area (Å²) in [5.41, 5.74) is 9.28. The summed E-state index contributed by atoms with van der Waals surface area (Å²) < 4.78 is 0. The van der Waals surface area contributed by atoms with E-state index in [0.717, 1.165) is 42.3 Å². The molecule has 0 spiro atoms. The predicted molar refractivity (Wildman–Crippen MR) is 121 cm³/mol. The van der Waals surface area contributed by atoms with E-state index >= 15 is 0 Å². The van der Waals surface area contributed by atoms with Gasteiger partial charge in [0.05, 0.1) is 10.5 Å². The highest BCUT2D eigenvalue weighted by Crippen LogP contribution is 2.45. The van der Waals surface area contributed by atoms with Crippen molar-refractivity contribution in [2.75, 3.05) is 19.6 Å². The zero-order valence-corrected chi connectivity index (χ0v) is 18.4. The number of carbonyl (C=O) groups is 1. The molecule has 154 valence electrons. The molecule has 0 unspecified atom stereocenters. The van der Waals surface area contributed by atoms with Crippen LogP contribution in [0.1, 0.15) is 66.4 Å². The summed E-state index contributed by atoms with van der Waals surface area (Å²) in [6.07, 6.45) is 6.77. The molecule has 6 heteroatoms. The quantitative estimate of drug-likeness (QED) is 0.600. The van der Waals surface area contributed by atoms with Crippen molar-refractivity contribution < 1.29 is 4.79 Å². The molecule has 0 atom stereocenters. The lowest BCUT2D eigenvalue weighted by atomic mass is 9.98. The number of aromatic nitrogens is 1. The first-order chi connectivity index (χ1) is 14.1. The number of carbonyl (C=O) groups excluding carboxylic acids is 1. The summed E-state index contributed by atoms with van der Waals surface area (Å²) in [7, 11) is 0. The van der Waals surface area contributed by atoms with Crippen LogP contribution in [0.15, 0.2) is 28.2 Å². The zero-order chi connectivity index (χ0) is 20.4. The van der Waals surface area contributed by atoms with Crippen LogP contribution in [-0.2, 0) is 11.2 Å². The Morgan fingerprint density at radius 2 is 2.10 bits per heavy atom. The van der Waals surface area contributed by atoms with Gasteiger partial charge in [-0.2, -0.15) is 5.10 Å². The third-order valence-corrected chi connectivity index (χ3v) is 6.86. The number of thiophene rings is 1. The molecule has 2 aromatic heterocycles. The highest BCUT2D eigenvalue weighted by molar-refractivity contribution is 7.12. The summed E-state index contributed by atoms with van der Waals surface area (Å²) >= 11 is 1.61. The summed E-state index contributed by atoms with van der Waals surface area (Å²) in [4.78, 5) is 19.6. The maximum Gasteiger partial charge on any atom is 0.273 e. The van der Waals surface area contributed by atoms with Crippen LogP contribution in [0, 0.1) is 6.92 Å². The fraction of sp³-hybridized carbons (Fsp3) is 0.478. The first-order valence-corrected chi connectivity index (χ1v) is 11.6. The van der Waals surface area contributed by atoms with E-state index in [9.17, 15) is 4.79 Å². The normalized spacial score (nSPS) is 18.0. The number of rotatable bonds is 9. The molecule has 0 bridgehead atoms. The average molecular weight is 411 g/mol. The number of aryl methyl sites for hydroxylation is 1. The smallest absolute Gasteiger partial charge is 0.273 e. The summed E-state index contributed by atoms with van der Waals surface area (Å²) in [5.74, 6) is 0.507. The summed E-state index contributed by atoms with van der Waals surface area (Å²) in [6.45, 7) is 9.97. The lowest BCUT2D eigenvalue weighted by Gasteiger charge is -2.17. The van der Waals surface area contributed by atoms with Crippen molar-refractivity contribution >= 4 is 29.0 Å². The maximum atomic E-state index is 12.5. The van der Waals surface area contributed by atoms with Gasteiger partial charge in [0.1, 0.15) is 5.71 Å². The van der Waals surface area contributed by atoms with Crippen LogP contribution in [0.2, 0.25) is 0 Å². The Morgan fingerprint density at radius 1 is 1.31 bits per heavy atom. The van der Waals surface area contributed by atoms with Gasteiger partial charge in [0.25, 0.3) is 5.91 Å². The SMILES string of the molecule is CCN(CC)CCCc1c(C)[nH]c(/C=C2/C(=O)NN=C2c2cccs2)c1C1CC1. The van der Waals surface area contributed by atoms with Gasteiger partial charge in [-0.25, -0.2) is 5.43 Å². The van der Waals surface area contributed by atoms with Gasteiger partial charge in [-0.3, -0.25) is 4.79 Å². The van der Waals surface area contributed by atoms with Gasteiger partial charge in [-0.1, -0.05) is 19.9 Å². The van der Waals surface area contributed by atoms with Crippen LogP contribution in [-0.4, -0.2) is 41.1 Å². The van der Waals surface area contributed by atoms with Crippen LogP contribution in [0.4, 0.5) is 0 Å². The van der Waals surface area contributed by atoms with E-state index < -0.39 is 0 Å². The van der Waals surface area contributed by atoms with Crippen molar-refractivity contribution in [3.05, 3.63) is 50.5 Å². The molecule has 5 nitrogen and oxygen atoms in total. The third-order valence-electron chi connectivity index (χ3n) is 5.98. The van der Waals surface area contributed by atoms with Crippen molar-refractivity contribution in [3.63, 3.8) is 0 Å². The Hall–Kier alpha value is -2.18. The number of hydrogen-bond donors (Lipinski definition) is 2. The summed E-state index contributed by atoms with van der Waals surface area (Å²) in [6, 6.07) is 4.00. The van der Waals surface area contributed by atoms with E-state index in [2.05, 4.69) is 41.2 Å². The molecule has 0 aromatic carbocycles. The minimum absolute atomic E-state index is 0.120. The van der Waals surface area contributed by atoms with Gasteiger partial charge in [-0.15, -0.1) is 11.3 Å². The molecular weight excluding hydrogens is 380 g/mol. The number of hydrogen-bond acceptors (Lipinski definition) is 4. The topological polar surface area (TPSA) is 60.5 Å². The van der Waals surface area contributed by atoms with Gasteiger partial charge in [0, 0.05) is 11.4 Å². The van der Waals surface area contributed by atoms with Crippen LogP contribution in [0.3, 0.4) is 0 Å².